The number of hydrogen-bond acceptors (Lipinski definition) is 2. The van der Waals surface area contributed by atoms with Crippen molar-refractivity contribution < 1.29 is 39.9 Å². The number of benzene rings is 2. The van der Waals surface area contributed by atoms with E-state index in [4.69, 9.17) is 0 Å². The van der Waals surface area contributed by atoms with Gasteiger partial charge in [-0.2, -0.15) is 31.3 Å². The summed E-state index contributed by atoms with van der Waals surface area (Å²) in [4.78, 5) is 16.0. The van der Waals surface area contributed by atoms with Gasteiger partial charge in [-0.05, 0) is 42.0 Å². The first-order valence-corrected chi connectivity index (χ1v) is 8.56. The minimum Gasteiger partial charge on any atom is -0.341 e. The lowest BCUT2D eigenvalue weighted by Gasteiger charge is -2.33. The molecule has 0 aromatic heterocycles. The summed E-state index contributed by atoms with van der Waals surface area (Å²) >= 11 is 0. The Kier molecular flexibility index (Phi) is 5.55. The summed E-state index contributed by atoms with van der Waals surface area (Å²) in [6, 6.07) is 7.13. The van der Waals surface area contributed by atoms with E-state index >= 15 is 0 Å². The van der Waals surface area contributed by atoms with E-state index in [0.717, 1.165) is 55.6 Å². The van der Waals surface area contributed by atoms with Gasteiger partial charge in [0.1, 0.15) is 23.6 Å². The van der Waals surface area contributed by atoms with Crippen molar-refractivity contribution in [2.75, 3.05) is 7.05 Å². The summed E-state index contributed by atoms with van der Waals surface area (Å²) < 4.78 is 110. The van der Waals surface area contributed by atoms with Gasteiger partial charge in [-0.1, -0.05) is 12.1 Å². The molecule has 3 rings (SSSR count). The maximum absolute atomic E-state index is 13.9. The van der Waals surface area contributed by atoms with Crippen LogP contribution in [0, 0.1) is 11.6 Å². The van der Waals surface area contributed by atoms with Crippen molar-refractivity contribution in [1.82, 2.24) is 10.2 Å². The van der Waals surface area contributed by atoms with Gasteiger partial charge in [0.15, 0.2) is 0 Å². The predicted molar refractivity (Wildman–Crippen MR) is 93.0 cm³/mol. The lowest BCUT2D eigenvalue weighted by molar-refractivity contribution is -0.280. The molecule has 0 saturated carbocycles. The number of amidine groups is 1. The van der Waals surface area contributed by atoms with E-state index in [2.05, 4.69) is 4.99 Å². The van der Waals surface area contributed by atoms with E-state index in [-0.39, 0.29) is 5.56 Å². The third-order valence-corrected chi connectivity index (χ3v) is 4.74. The number of carbonyl (C=O) groups excluding carboxylic acids is 1. The van der Waals surface area contributed by atoms with E-state index in [1.807, 2.05) is 0 Å². The molecule has 166 valence electrons. The molecule has 1 heterocycles. The Hall–Kier alpha value is -3.02. The molecule has 0 spiro atoms. The van der Waals surface area contributed by atoms with Crippen LogP contribution in [0.3, 0.4) is 0 Å². The smallest absolute Gasteiger partial charge is 0.341 e. The molecule has 1 aliphatic heterocycles. The van der Waals surface area contributed by atoms with Crippen LogP contribution in [0.15, 0.2) is 53.5 Å². The molecule has 1 atom stereocenters. The zero-order valence-corrected chi connectivity index (χ0v) is 15.5. The lowest BCUT2D eigenvalue weighted by Crippen LogP contribution is -2.68. The molecular weight excluding hydrogens is 438 g/mol. The van der Waals surface area contributed by atoms with Gasteiger partial charge in [0.05, 0.1) is 0 Å². The van der Waals surface area contributed by atoms with Crippen LogP contribution in [0.1, 0.15) is 22.1 Å². The Bertz CT molecular complexity index is 983. The zero-order valence-electron chi connectivity index (χ0n) is 15.5. The van der Waals surface area contributed by atoms with Crippen LogP contribution in [0.25, 0.3) is 0 Å². The molecule has 0 bridgehead atoms. The molecular formula is C19H13F8N3O. The summed E-state index contributed by atoms with van der Waals surface area (Å²) in [5.74, 6) is -4.58. The fourth-order valence-corrected chi connectivity index (χ4v) is 3.20. The highest BCUT2D eigenvalue weighted by Gasteiger charge is 2.78. The number of nitrogens with one attached hydrogen (secondary N) is 1. The number of halogens is 8. The molecule has 1 saturated heterocycles. The van der Waals surface area contributed by atoms with Gasteiger partial charge in [0.25, 0.3) is 11.4 Å². The first-order valence-electron chi connectivity index (χ1n) is 8.56. The van der Waals surface area contributed by atoms with Crippen molar-refractivity contribution in [2.24, 2.45) is 4.99 Å². The van der Waals surface area contributed by atoms with Crippen LogP contribution in [0.5, 0.6) is 0 Å². The third-order valence-electron chi connectivity index (χ3n) is 4.74. The maximum Gasteiger partial charge on any atom is 0.422 e. The molecule has 1 fully saturated rings. The largest absolute Gasteiger partial charge is 0.422 e. The Labute approximate surface area is 170 Å². The third kappa shape index (κ3) is 3.87. The summed E-state index contributed by atoms with van der Waals surface area (Å²) in [5, 5.41) is 1.50. The van der Waals surface area contributed by atoms with Crippen molar-refractivity contribution in [1.29, 1.82) is 0 Å². The minimum absolute atomic E-state index is 0.124. The van der Waals surface area contributed by atoms with E-state index in [9.17, 15) is 39.9 Å². The first-order chi connectivity index (χ1) is 14.3. The lowest BCUT2D eigenvalue weighted by atomic mass is 9.97. The van der Waals surface area contributed by atoms with Crippen molar-refractivity contribution >= 4 is 11.7 Å². The SMILES string of the molecule is CN1C(=NC(=O)c2ccc(F)cc2)C(C(F)(F)F)(C(F)(F)F)NC1c1ccc(F)cc1. The van der Waals surface area contributed by atoms with E-state index in [1.54, 1.807) is 0 Å². The number of rotatable bonds is 2. The molecule has 1 amide bonds. The standard InChI is InChI=1S/C19H13F8N3O/c1-30-14(10-2-6-12(20)7-3-10)29-17(18(22,23)24,19(25,26)27)16(30)28-15(31)11-4-8-13(21)9-5-11/h2-9,14,29H,1H3. The molecule has 0 aliphatic carbocycles. The Morgan fingerprint density at radius 2 is 1.35 bits per heavy atom. The van der Waals surface area contributed by atoms with Crippen LogP contribution in [0.2, 0.25) is 0 Å². The van der Waals surface area contributed by atoms with Crippen molar-refractivity contribution in [3.8, 4) is 0 Å². The number of nitrogens with zero attached hydrogens (tertiary/aromatic N) is 2. The summed E-state index contributed by atoms with van der Waals surface area (Å²) in [5.41, 5.74) is -5.21. The van der Waals surface area contributed by atoms with Crippen LogP contribution in [-0.4, -0.2) is 41.6 Å². The molecule has 4 nitrogen and oxygen atoms in total. The summed E-state index contributed by atoms with van der Waals surface area (Å²) in [6.07, 6.45) is -13.6. The number of hydrogen-bond donors (Lipinski definition) is 1. The first kappa shape index (κ1) is 22.7. The maximum atomic E-state index is 13.9. The fraction of sp³-hybridized carbons (Fsp3) is 0.263. The number of carbonyl (C=O) groups is 1. The average Bonchev–Trinajstić information content (AvgIpc) is 2.96. The van der Waals surface area contributed by atoms with Gasteiger partial charge in [0.2, 0.25) is 0 Å². The second kappa shape index (κ2) is 7.59. The topological polar surface area (TPSA) is 44.7 Å². The number of likely N-dealkylation sites (N-methyl/N-ethyl adjacent to an activating group) is 1. The number of amides is 1. The Morgan fingerprint density at radius 1 is 0.903 bits per heavy atom. The average molecular weight is 451 g/mol. The van der Waals surface area contributed by atoms with Gasteiger partial charge in [-0.25, -0.2) is 8.78 Å². The summed E-state index contributed by atoms with van der Waals surface area (Å²) in [6.45, 7) is 0. The highest BCUT2D eigenvalue weighted by atomic mass is 19.4. The van der Waals surface area contributed by atoms with Gasteiger partial charge in [-0.3, -0.25) is 10.1 Å². The number of alkyl halides is 6. The Balaban J connectivity index is 2.18. The molecule has 0 radical (unpaired) electrons. The van der Waals surface area contributed by atoms with Crippen LogP contribution in [0.4, 0.5) is 35.1 Å². The number of aliphatic imine (C=N–C) groups is 1. The highest BCUT2D eigenvalue weighted by Crippen LogP contribution is 2.50. The molecule has 31 heavy (non-hydrogen) atoms. The summed E-state index contributed by atoms with van der Waals surface area (Å²) in [7, 11) is 0.886. The van der Waals surface area contributed by atoms with E-state index in [1.165, 1.54) is 5.32 Å². The molecule has 1 N–H and O–H groups in total. The second-order valence-electron chi connectivity index (χ2n) is 6.70. The van der Waals surface area contributed by atoms with Crippen LogP contribution >= 0.6 is 0 Å². The second-order valence-corrected chi connectivity index (χ2v) is 6.70. The molecule has 2 aromatic carbocycles. The van der Waals surface area contributed by atoms with E-state index < -0.39 is 53.0 Å². The normalized spacial score (nSPS) is 20.4. The molecule has 2 aromatic rings. The minimum atomic E-state index is -5.95. The van der Waals surface area contributed by atoms with Crippen molar-refractivity contribution in [3.05, 3.63) is 71.3 Å². The molecule has 12 heteroatoms. The predicted octanol–water partition coefficient (Wildman–Crippen LogP) is 4.60. The quantitative estimate of drug-likeness (QED) is 0.679. The van der Waals surface area contributed by atoms with Crippen molar-refractivity contribution in [3.63, 3.8) is 0 Å². The molecule has 1 unspecified atom stereocenters. The van der Waals surface area contributed by atoms with Crippen LogP contribution < -0.4 is 5.32 Å². The van der Waals surface area contributed by atoms with Gasteiger partial charge in [0, 0.05) is 12.6 Å². The van der Waals surface area contributed by atoms with Gasteiger partial charge >= 0.3 is 12.4 Å². The Morgan fingerprint density at radius 3 is 1.81 bits per heavy atom. The van der Waals surface area contributed by atoms with Gasteiger partial charge < -0.3 is 4.90 Å². The fourth-order valence-electron chi connectivity index (χ4n) is 3.20. The molecule has 1 aliphatic rings. The monoisotopic (exact) mass is 451 g/mol. The van der Waals surface area contributed by atoms with Crippen LogP contribution in [-0.2, 0) is 0 Å². The van der Waals surface area contributed by atoms with Gasteiger partial charge in [-0.15, -0.1) is 0 Å². The zero-order chi connectivity index (χ0) is 23.2. The van der Waals surface area contributed by atoms with Crippen molar-refractivity contribution in [2.45, 2.75) is 24.1 Å². The van der Waals surface area contributed by atoms with E-state index in [0.29, 0.717) is 4.90 Å². The highest BCUT2D eigenvalue weighted by molar-refractivity contribution is 6.07.